The van der Waals surface area contributed by atoms with E-state index in [1.165, 1.54) is 23.3 Å². The van der Waals surface area contributed by atoms with Gasteiger partial charge in [-0.3, -0.25) is 9.59 Å². The summed E-state index contributed by atoms with van der Waals surface area (Å²) in [7, 11) is 0. The number of anilines is 1. The third-order valence-corrected chi connectivity index (χ3v) is 6.87. The normalized spacial score (nSPS) is 14.5. The van der Waals surface area contributed by atoms with Crippen LogP contribution in [0.5, 0.6) is 0 Å². The molecule has 0 saturated heterocycles. The van der Waals surface area contributed by atoms with E-state index >= 15 is 0 Å². The van der Waals surface area contributed by atoms with E-state index < -0.39 is 0 Å². The predicted molar refractivity (Wildman–Crippen MR) is 123 cm³/mol. The van der Waals surface area contributed by atoms with Crippen LogP contribution in [0.1, 0.15) is 78.4 Å². The van der Waals surface area contributed by atoms with Crippen molar-refractivity contribution in [3.8, 4) is 0 Å². The van der Waals surface area contributed by atoms with Crippen LogP contribution < -0.4 is 5.32 Å². The van der Waals surface area contributed by atoms with E-state index in [1.807, 2.05) is 38.1 Å². The van der Waals surface area contributed by atoms with E-state index in [-0.39, 0.29) is 24.4 Å². The van der Waals surface area contributed by atoms with Crippen molar-refractivity contribution >= 4 is 28.3 Å². The largest absolute Gasteiger partial charge is 0.326 e. The lowest BCUT2D eigenvalue weighted by atomic mass is 9.93. The Morgan fingerprint density at radius 2 is 1.83 bits per heavy atom. The van der Waals surface area contributed by atoms with Gasteiger partial charge in [-0.2, -0.15) is 0 Å². The molecule has 2 amide bonds. The number of aryl methyl sites for hydroxylation is 3. The summed E-state index contributed by atoms with van der Waals surface area (Å²) in [6.45, 7) is 6.17. The molecule has 6 heteroatoms. The lowest BCUT2D eigenvalue weighted by Gasteiger charge is -2.34. The van der Waals surface area contributed by atoms with Gasteiger partial charge in [0.25, 0.3) is 5.91 Å². The van der Waals surface area contributed by atoms with Crippen LogP contribution >= 0.6 is 11.3 Å². The number of amides is 2. The molecule has 1 N–H and O–H groups in total. The fourth-order valence-corrected chi connectivity index (χ4v) is 4.79. The molecule has 0 bridgehead atoms. The molecule has 0 radical (unpaired) electrons. The van der Waals surface area contributed by atoms with Crippen LogP contribution in [0, 0.1) is 13.8 Å². The number of aromatic nitrogens is 1. The first-order chi connectivity index (χ1) is 14.5. The zero-order valence-corrected chi connectivity index (χ0v) is 19.2. The molecule has 0 unspecified atom stereocenters. The van der Waals surface area contributed by atoms with Crippen molar-refractivity contribution in [3.05, 3.63) is 46.0 Å². The Morgan fingerprint density at radius 3 is 2.43 bits per heavy atom. The Morgan fingerprint density at radius 1 is 1.13 bits per heavy atom. The second-order valence-electron chi connectivity index (χ2n) is 8.23. The summed E-state index contributed by atoms with van der Waals surface area (Å²) in [5, 5.41) is 3.49. The van der Waals surface area contributed by atoms with Crippen LogP contribution in [-0.4, -0.2) is 34.3 Å². The van der Waals surface area contributed by atoms with Crippen LogP contribution in [0.25, 0.3) is 0 Å². The highest BCUT2D eigenvalue weighted by Gasteiger charge is 2.28. The second-order valence-corrected chi connectivity index (χ2v) is 9.44. The zero-order chi connectivity index (χ0) is 21.5. The topological polar surface area (TPSA) is 62.3 Å². The summed E-state index contributed by atoms with van der Waals surface area (Å²) in [4.78, 5) is 33.4. The molecule has 0 spiro atoms. The lowest BCUT2D eigenvalue weighted by molar-refractivity contribution is -0.117. The van der Waals surface area contributed by atoms with Gasteiger partial charge in [-0.25, -0.2) is 4.98 Å². The van der Waals surface area contributed by atoms with Crippen molar-refractivity contribution in [2.24, 2.45) is 0 Å². The molecule has 30 heavy (non-hydrogen) atoms. The van der Waals surface area contributed by atoms with Crippen molar-refractivity contribution in [1.82, 2.24) is 9.88 Å². The molecule has 1 aliphatic rings. The summed E-state index contributed by atoms with van der Waals surface area (Å²) >= 11 is 1.47. The molecule has 162 valence electrons. The minimum Gasteiger partial charge on any atom is -0.326 e. The molecule has 5 nitrogen and oxygen atoms in total. The van der Waals surface area contributed by atoms with Gasteiger partial charge in [-0.1, -0.05) is 44.7 Å². The highest BCUT2D eigenvalue weighted by Crippen LogP contribution is 2.25. The van der Waals surface area contributed by atoms with Crippen molar-refractivity contribution < 1.29 is 9.59 Å². The zero-order valence-electron chi connectivity index (χ0n) is 18.4. The van der Waals surface area contributed by atoms with E-state index in [4.69, 9.17) is 0 Å². The maximum absolute atomic E-state index is 13.3. The standard InChI is InChI=1S/C24H33N3O2S/c1-4-5-9-19-12-14-20(15-13-19)23(29)27(21-10-7-6-8-11-21)16-22(28)26-24-25-17(2)18(3)30-24/h12-15,21H,4-11,16H2,1-3H3,(H,25,26,28). The Labute approximate surface area is 183 Å². The van der Waals surface area contributed by atoms with Gasteiger partial charge < -0.3 is 10.2 Å². The van der Waals surface area contributed by atoms with Crippen molar-refractivity contribution in [2.45, 2.75) is 78.2 Å². The van der Waals surface area contributed by atoms with E-state index in [0.717, 1.165) is 55.5 Å². The van der Waals surface area contributed by atoms with Crippen LogP contribution in [0.2, 0.25) is 0 Å². The van der Waals surface area contributed by atoms with Gasteiger partial charge in [0, 0.05) is 16.5 Å². The molecule has 1 aromatic carbocycles. The van der Waals surface area contributed by atoms with Gasteiger partial charge in [-0.05, 0) is 57.2 Å². The van der Waals surface area contributed by atoms with Gasteiger partial charge in [0.05, 0.1) is 5.69 Å². The molecule has 0 aliphatic heterocycles. The first-order valence-corrected chi connectivity index (χ1v) is 11.9. The van der Waals surface area contributed by atoms with Gasteiger partial charge >= 0.3 is 0 Å². The second kappa shape index (κ2) is 10.7. The number of hydrogen-bond donors (Lipinski definition) is 1. The number of nitrogens with zero attached hydrogens (tertiary/aromatic N) is 2. The Bertz CT molecular complexity index is 834. The number of carbonyl (C=O) groups is 2. The van der Waals surface area contributed by atoms with Gasteiger partial charge in [0.1, 0.15) is 6.54 Å². The average Bonchev–Trinajstić information content (AvgIpc) is 3.07. The first kappa shape index (κ1) is 22.5. The third kappa shape index (κ3) is 5.91. The smallest absolute Gasteiger partial charge is 0.254 e. The molecule has 1 aromatic heterocycles. The van der Waals surface area contributed by atoms with Gasteiger partial charge in [-0.15, -0.1) is 11.3 Å². The maximum atomic E-state index is 13.3. The predicted octanol–water partition coefficient (Wildman–Crippen LogP) is 5.52. The fourth-order valence-electron chi connectivity index (χ4n) is 3.96. The van der Waals surface area contributed by atoms with Crippen molar-refractivity contribution in [3.63, 3.8) is 0 Å². The molecule has 1 fully saturated rings. The molecule has 0 atom stereocenters. The highest BCUT2D eigenvalue weighted by molar-refractivity contribution is 7.15. The molecular weight excluding hydrogens is 394 g/mol. The van der Waals surface area contributed by atoms with E-state index in [2.05, 4.69) is 17.2 Å². The number of thiazole rings is 1. The first-order valence-electron chi connectivity index (χ1n) is 11.1. The van der Waals surface area contributed by atoms with Gasteiger partial charge in [0.15, 0.2) is 5.13 Å². The molecule has 1 aliphatic carbocycles. The molecule has 1 saturated carbocycles. The summed E-state index contributed by atoms with van der Waals surface area (Å²) in [6.07, 6.45) is 8.68. The average molecular weight is 428 g/mol. The van der Waals surface area contributed by atoms with E-state index in [9.17, 15) is 9.59 Å². The number of rotatable bonds is 8. The summed E-state index contributed by atoms with van der Waals surface area (Å²) in [5.74, 6) is -0.229. The van der Waals surface area contributed by atoms with Crippen LogP contribution in [0.3, 0.4) is 0 Å². The number of carbonyl (C=O) groups excluding carboxylic acids is 2. The minimum atomic E-state index is -0.178. The Kier molecular flexibility index (Phi) is 8.02. The van der Waals surface area contributed by atoms with Gasteiger partial charge in [0.2, 0.25) is 5.91 Å². The molecule has 2 aromatic rings. The molecule has 3 rings (SSSR count). The SMILES string of the molecule is CCCCc1ccc(C(=O)N(CC(=O)Nc2nc(C)c(C)s2)C2CCCCC2)cc1. The number of hydrogen-bond acceptors (Lipinski definition) is 4. The monoisotopic (exact) mass is 427 g/mol. The van der Waals surface area contributed by atoms with Crippen molar-refractivity contribution in [2.75, 3.05) is 11.9 Å². The Hall–Kier alpha value is -2.21. The minimum absolute atomic E-state index is 0.0504. The Balaban J connectivity index is 1.72. The highest BCUT2D eigenvalue weighted by atomic mass is 32.1. The van der Waals surface area contributed by atoms with Crippen LogP contribution in [0.4, 0.5) is 5.13 Å². The van der Waals surface area contributed by atoms with Crippen molar-refractivity contribution in [1.29, 1.82) is 0 Å². The number of benzene rings is 1. The van der Waals surface area contributed by atoms with E-state index in [1.54, 1.807) is 4.90 Å². The van der Waals surface area contributed by atoms with Crippen LogP contribution in [-0.2, 0) is 11.2 Å². The molecular formula is C24H33N3O2S. The van der Waals surface area contributed by atoms with Crippen LogP contribution in [0.15, 0.2) is 24.3 Å². The lowest BCUT2D eigenvalue weighted by Crippen LogP contribution is -2.45. The number of nitrogens with one attached hydrogen (secondary N) is 1. The molecule has 1 heterocycles. The third-order valence-electron chi connectivity index (χ3n) is 5.89. The number of unbranched alkanes of at least 4 members (excludes halogenated alkanes) is 1. The summed E-state index contributed by atoms with van der Waals surface area (Å²) < 4.78 is 0. The fraction of sp³-hybridized carbons (Fsp3) is 0.542. The summed E-state index contributed by atoms with van der Waals surface area (Å²) in [6, 6.07) is 8.03. The summed E-state index contributed by atoms with van der Waals surface area (Å²) in [5.41, 5.74) is 2.85. The quantitative estimate of drug-likeness (QED) is 0.604. The maximum Gasteiger partial charge on any atom is 0.254 e. The van der Waals surface area contributed by atoms with E-state index in [0.29, 0.717) is 10.7 Å².